The molecule has 0 amide bonds. The monoisotopic (exact) mass is 290 g/mol. The number of hydrogen-bond acceptors (Lipinski definition) is 4. The van der Waals surface area contributed by atoms with Crippen molar-refractivity contribution in [2.75, 3.05) is 12.4 Å². The van der Waals surface area contributed by atoms with Gasteiger partial charge in [-0.15, -0.1) is 0 Å². The number of hydrogen-bond donors (Lipinski definition) is 1. The normalized spacial score (nSPS) is 10.2. The number of nitro benzene ring substituents is 1. The summed E-state index contributed by atoms with van der Waals surface area (Å²) in [4.78, 5) is 10.5. The van der Waals surface area contributed by atoms with E-state index in [0.29, 0.717) is 11.3 Å². The molecule has 2 rings (SSSR count). The molecule has 110 valence electrons. The second kappa shape index (κ2) is 6.21. The van der Waals surface area contributed by atoms with Gasteiger partial charge in [0.2, 0.25) is 0 Å². The summed E-state index contributed by atoms with van der Waals surface area (Å²) in [6.07, 6.45) is 0. The quantitative estimate of drug-likeness (QED) is 0.674. The Morgan fingerprint density at radius 1 is 1.29 bits per heavy atom. The third kappa shape index (κ3) is 3.47. The fourth-order valence-electron chi connectivity index (χ4n) is 1.97. The van der Waals surface area contributed by atoms with Crippen LogP contribution in [0, 0.1) is 22.9 Å². The molecule has 0 radical (unpaired) electrons. The van der Waals surface area contributed by atoms with Gasteiger partial charge in [0, 0.05) is 12.6 Å². The minimum Gasteiger partial charge on any atom is -0.494 e. The zero-order chi connectivity index (χ0) is 15.4. The highest BCUT2D eigenvalue weighted by atomic mass is 19.1. The number of nitro groups is 1. The van der Waals surface area contributed by atoms with E-state index in [1.165, 1.54) is 25.3 Å². The number of benzene rings is 2. The summed E-state index contributed by atoms with van der Waals surface area (Å²) in [6.45, 7) is 2.13. The molecule has 0 bridgehead atoms. The standard InChI is InChI=1S/C15H15FN2O3/c1-10-3-5-14(18(19)20)13(7-10)17-9-11-4-6-15(21-2)12(16)8-11/h3-8,17H,9H2,1-2H3. The highest BCUT2D eigenvalue weighted by Gasteiger charge is 2.13. The third-order valence-corrected chi connectivity index (χ3v) is 3.05. The fraction of sp³-hybridized carbons (Fsp3) is 0.200. The molecule has 0 unspecified atom stereocenters. The van der Waals surface area contributed by atoms with E-state index < -0.39 is 10.7 Å². The average molecular weight is 290 g/mol. The van der Waals surface area contributed by atoms with Crippen molar-refractivity contribution < 1.29 is 14.1 Å². The van der Waals surface area contributed by atoms with Gasteiger partial charge >= 0.3 is 0 Å². The molecule has 0 saturated heterocycles. The summed E-state index contributed by atoms with van der Waals surface area (Å²) in [5, 5.41) is 13.9. The smallest absolute Gasteiger partial charge is 0.292 e. The van der Waals surface area contributed by atoms with Gasteiger partial charge in [0.25, 0.3) is 5.69 Å². The molecule has 21 heavy (non-hydrogen) atoms. The molecule has 0 spiro atoms. The number of nitrogens with zero attached hydrogens (tertiary/aromatic N) is 1. The van der Waals surface area contributed by atoms with E-state index in [-0.39, 0.29) is 18.0 Å². The summed E-state index contributed by atoms with van der Waals surface area (Å²) in [5.74, 6) is -0.296. The highest BCUT2D eigenvalue weighted by molar-refractivity contribution is 5.62. The fourth-order valence-corrected chi connectivity index (χ4v) is 1.97. The van der Waals surface area contributed by atoms with Gasteiger partial charge < -0.3 is 10.1 Å². The van der Waals surface area contributed by atoms with Crippen molar-refractivity contribution >= 4 is 11.4 Å². The molecule has 0 aliphatic rings. The average Bonchev–Trinajstić information content (AvgIpc) is 2.45. The maximum Gasteiger partial charge on any atom is 0.292 e. The van der Waals surface area contributed by atoms with Crippen LogP contribution in [0.3, 0.4) is 0 Å². The molecule has 0 atom stereocenters. The van der Waals surface area contributed by atoms with Crippen molar-refractivity contribution in [3.8, 4) is 5.75 Å². The van der Waals surface area contributed by atoms with Crippen LogP contribution in [-0.2, 0) is 6.54 Å². The molecule has 0 aliphatic heterocycles. The van der Waals surface area contributed by atoms with Crippen molar-refractivity contribution in [2.24, 2.45) is 0 Å². The first-order valence-electron chi connectivity index (χ1n) is 6.32. The van der Waals surface area contributed by atoms with Gasteiger partial charge in [-0.2, -0.15) is 0 Å². The van der Waals surface area contributed by atoms with Gasteiger partial charge in [0.15, 0.2) is 11.6 Å². The number of rotatable bonds is 5. The largest absolute Gasteiger partial charge is 0.494 e. The Balaban J connectivity index is 2.18. The topological polar surface area (TPSA) is 64.4 Å². The second-order valence-corrected chi connectivity index (χ2v) is 4.60. The van der Waals surface area contributed by atoms with E-state index in [4.69, 9.17) is 4.74 Å². The van der Waals surface area contributed by atoms with E-state index in [1.807, 2.05) is 6.92 Å². The van der Waals surface area contributed by atoms with Crippen molar-refractivity contribution in [3.05, 3.63) is 63.5 Å². The minimum atomic E-state index is -0.462. The molecule has 1 N–H and O–H groups in total. The molecule has 0 fully saturated rings. The van der Waals surface area contributed by atoms with Crippen molar-refractivity contribution in [1.82, 2.24) is 0 Å². The first-order chi connectivity index (χ1) is 10.0. The molecule has 6 heteroatoms. The Hall–Kier alpha value is -2.63. The lowest BCUT2D eigenvalue weighted by molar-refractivity contribution is -0.384. The van der Waals surface area contributed by atoms with Gasteiger partial charge in [0.1, 0.15) is 5.69 Å². The highest BCUT2D eigenvalue weighted by Crippen LogP contribution is 2.26. The maximum atomic E-state index is 13.6. The number of nitrogens with one attached hydrogen (secondary N) is 1. The lowest BCUT2D eigenvalue weighted by Crippen LogP contribution is -2.03. The Morgan fingerprint density at radius 2 is 2.05 bits per heavy atom. The predicted octanol–water partition coefficient (Wildman–Crippen LogP) is 3.66. The van der Waals surface area contributed by atoms with Crippen LogP contribution in [0.5, 0.6) is 5.75 Å². The summed E-state index contributed by atoms with van der Waals surface area (Å²) in [6, 6.07) is 9.39. The Bertz CT molecular complexity index is 674. The molecule has 2 aromatic carbocycles. The number of aryl methyl sites for hydroxylation is 1. The van der Waals surface area contributed by atoms with Gasteiger partial charge in [-0.1, -0.05) is 12.1 Å². The third-order valence-electron chi connectivity index (χ3n) is 3.05. The van der Waals surface area contributed by atoms with Crippen LogP contribution >= 0.6 is 0 Å². The van der Waals surface area contributed by atoms with Crippen molar-refractivity contribution in [1.29, 1.82) is 0 Å². The number of ether oxygens (including phenoxy) is 1. The molecule has 0 aliphatic carbocycles. The van der Waals surface area contributed by atoms with Gasteiger partial charge in [0.05, 0.1) is 12.0 Å². The zero-order valence-corrected chi connectivity index (χ0v) is 11.7. The first kappa shape index (κ1) is 14.8. The van der Waals surface area contributed by atoms with E-state index in [0.717, 1.165) is 5.56 Å². The number of halogens is 1. The van der Waals surface area contributed by atoms with Crippen LogP contribution in [0.2, 0.25) is 0 Å². The Labute approximate surface area is 121 Å². The maximum absolute atomic E-state index is 13.6. The summed E-state index contributed by atoms with van der Waals surface area (Å²) < 4.78 is 18.4. The first-order valence-corrected chi connectivity index (χ1v) is 6.32. The van der Waals surface area contributed by atoms with Gasteiger partial charge in [-0.25, -0.2) is 4.39 Å². The molecule has 2 aromatic rings. The molecule has 0 aromatic heterocycles. The van der Waals surface area contributed by atoms with Crippen LogP contribution in [0.4, 0.5) is 15.8 Å². The summed E-state index contributed by atoms with van der Waals surface area (Å²) >= 11 is 0. The molecule has 0 saturated carbocycles. The molecule has 5 nitrogen and oxygen atoms in total. The second-order valence-electron chi connectivity index (χ2n) is 4.60. The summed E-state index contributed by atoms with van der Waals surface area (Å²) in [7, 11) is 1.40. The zero-order valence-electron chi connectivity index (χ0n) is 11.7. The number of anilines is 1. The number of methoxy groups -OCH3 is 1. The van der Waals surface area contributed by atoms with Gasteiger partial charge in [-0.05, 0) is 36.2 Å². The van der Waals surface area contributed by atoms with Crippen LogP contribution in [0.25, 0.3) is 0 Å². The minimum absolute atomic E-state index is 0.00502. The lowest BCUT2D eigenvalue weighted by Gasteiger charge is -2.09. The van der Waals surface area contributed by atoms with Crippen molar-refractivity contribution in [3.63, 3.8) is 0 Å². The van der Waals surface area contributed by atoms with E-state index in [2.05, 4.69) is 5.32 Å². The summed E-state index contributed by atoms with van der Waals surface area (Å²) in [5.41, 5.74) is 1.99. The SMILES string of the molecule is COc1ccc(CNc2cc(C)ccc2[N+](=O)[O-])cc1F. The Kier molecular flexibility index (Phi) is 4.37. The molecule has 0 heterocycles. The van der Waals surface area contributed by atoms with E-state index in [9.17, 15) is 14.5 Å². The van der Waals surface area contributed by atoms with E-state index in [1.54, 1.807) is 18.2 Å². The lowest BCUT2D eigenvalue weighted by atomic mass is 10.1. The van der Waals surface area contributed by atoms with Crippen LogP contribution in [0.15, 0.2) is 36.4 Å². The van der Waals surface area contributed by atoms with Crippen molar-refractivity contribution in [2.45, 2.75) is 13.5 Å². The molecular weight excluding hydrogens is 275 g/mol. The Morgan fingerprint density at radius 3 is 2.67 bits per heavy atom. The molecular formula is C15H15FN2O3. The predicted molar refractivity (Wildman–Crippen MR) is 78.1 cm³/mol. The van der Waals surface area contributed by atoms with Gasteiger partial charge in [-0.3, -0.25) is 10.1 Å². The van der Waals surface area contributed by atoms with E-state index >= 15 is 0 Å². The van der Waals surface area contributed by atoms with Crippen LogP contribution in [0.1, 0.15) is 11.1 Å². The van der Waals surface area contributed by atoms with Crippen LogP contribution < -0.4 is 10.1 Å². The van der Waals surface area contributed by atoms with Crippen LogP contribution in [-0.4, -0.2) is 12.0 Å².